The summed E-state index contributed by atoms with van der Waals surface area (Å²) in [6.07, 6.45) is 1.57. The molecular weight excluding hydrogens is 313 g/mol. The number of benzene rings is 2. The van der Waals surface area contributed by atoms with Gasteiger partial charge >= 0.3 is 0 Å². The number of halogens is 1. The van der Waals surface area contributed by atoms with Gasteiger partial charge in [-0.25, -0.2) is 4.39 Å². The van der Waals surface area contributed by atoms with Crippen molar-refractivity contribution in [2.24, 2.45) is 0 Å². The zero-order valence-corrected chi connectivity index (χ0v) is 14.5. The molecule has 0 saturated carbocycles. The van der Waals surface area contributed by atoms with Gasteiger partial charge in [0.2, 0.25) is 6.41 Å². The molecule has 0 saturated heterocycles. The minimum Gasteiger partial charge on any atom is -0.486 e. The van der Waals surface area contributed by atoms with E-state index in [1.165, 1.54) is 17.2 Å². The van der Waals surface area contributed by atoms with Gasteiger partial charge < -0.3 is 10.1 Å². The summed E-state index contributed by atoms with van der Waals surface area (Å²) < 4.78 is 19.3. The minimum absolute atomic E-state index is 0.267. The normalized spacial score (nSPS) is 9.61. The second-order valence-corrected chi connectivity index (χ2v) is 5.39. The quantitative estimate of drug-likeness (QED) is 0.642. The van der Waals surface area contributed by atoms with Gasteiger partial charge in [0.15, 0.2) is 11.6 Å². The molecule has 0 unspecified atom stereocenters. The van der Waals surface area contributed by atoms with Crippen LogP contribution in [0.15, 0.2) is 41.3 Å². The lowest BCUT2D eigenvalue weighted by molar-refractivity contribution is -0.109. The van der Waals surface area contributed by atoms with Gasteiger partial charge in [-0.1, -0.05) is 25.1 Å². The SMILES string of the molecule is CCc1cccc(C)c1COc1ccc(S)cc1F.CNC=O. The van der Waals surface area contributed by atoms with Gasteiger partial charge in [-0.05, 0) is 48.2 Å². The van der Waals surface area contributed by atoms with Crippen LogP contribution in [0.4, 0.5) is 4.39 Å². The Kier molecular flexibility index (Phi) is 8.19. The van der Waals surface area contributed by atoms with Crippen LogP contribution in [0.25, 0.3) is 0 Å². The number of aryl methyl sites for hydroxylation is 2. The molecule has 0 radical (unpaired) electrons. The Bertz CT molecular complexity index is 647. The molecule has 23 heavy (non-hydrogen) atoms. The van der Waals surface area contributed by atoms with E-state index in [0.717, 1.165) is 12.0 Å². The number of ether oxygens (including phenoxy) is 1. The number of rotatable bonds is 5. The largest absolute Gasteiger partial charge is 0.486 e. The van der Waals surface area contributed by atoms with Crippen molar-refractivity contribution in [3.8, 4) is 5.75 Å². The minimum atomic E-state index is -0.376. The predicted octanol–water partition coefficient (Wildman–Crippen LogP) is 3.93. The first-order valence-corrected chi connectivity index (χ1v) is 7.77. The standard InChI is InChI=1S/C16H17FOS.C2H5NO/c1-3-12-6-4-5-11(2)14(12)10-18-16-8-7-13(19)9-15(16)17;1-3-2-4/h4-9,19H,3,10H2,1-2H3;2H,1H3,(H,3,4). The molecule has 2 rings (SSSR count). The van der Waals surface area contributed by atoms with Crippen LogP contribution in [0.3, 0.4) is 0 Å². The molecule has 3 nitrogen and oxygen atoms in total. The van der Waals surface area contributed by atoms with Gasteiger partial charge in [0, 0.05) is 11.9 Å². The van der Waals surface area contributed by atoms with E-state index in [1.54, 1.807) is 19.2 Å². The molecule has 0 heterocycles. The van der Waals surface area contributed by atoms with Crippen molar-refractivity contribution in [3.63, 3.8) is 0 Å². The highest BCUT2D eigenvalue weighted by molar-refractivity contribution is 7.80. The average Bonchev–Trinajstić information content (AvgIpc) is 2.55. The molecule has 0 aliphatic carbocycles. The number of hydrogen-bond donors (Lipinski definition) is 2. The zero-order valence-electron chi connectivity index (χ0n) is 13.6. The maximum absolute atomic E-state index is 13.7. The Balaban J connectivity index is 0.000000593. The fourth-order valence-electron chi connectivity index (χ4n) is 2.06. The molecule has 0 fully saturated rings. The van der Waals surface area contributed by atoms with Gasteiger partial charge in [0.1, 0.15) is 6.61 Å². The first kappa shape index (κ1) is 19.0. The molecule has 0 spiro atoms. The Labute approximate surface area is 142 Å². The number of carbonyl (C=O) groups is 1. The third-order valence-electron chi connectivity index (χ3n) is 3.29. The summed E-state index contributed by atoms with van der Waals surface area (Å²) in [6, 6.07) is 10.9. The highest BCUT2D eigenvalue weighted by Gasteiger charge is 2.08. The molecule has 5 heteroatoms. The van der Waals surface area contributed by atoms with Crippen LogP contribution in [-0.4, -0.2) is 13.5 Å². The van der Waals surface area contributed by atoms with E-state index in [-0.39, 0.29) is 11.6 Å². The summed E-state index contributed by atoms with van der Waals surface area (Å²) in [7, 11) is 1.56. The van der Waals surface area contributed by atoms with Crippen LogP contribution in [0.5, 0.6) is 5.75 Å². The number of amides is 1. The van der Waals surface area contributed by atoms with Crippen LogP contribution in [0.2, 0.25) is 0 Å². The van der Waals surface area contributed by atoms with Crippen molar-refractivity contribution >= 4 is 19.0 Å². The summed E-state index contributed by atoms with van der Waals surface area (Å²) in [4.78, 5) is 9.66. The summed E-state index contributed by atoms with van der Waals surface area (Å²) in [5.74, 6) is -0.109. The molecule has 0 aliphatic rings. The smallest absolute Gasteiger partial charge is 0.206 e. The third-order valence-corrected chi connectivity index (χ3v) is 3.57. The van der Waals surface area contributed by atoms with Crippen LogP contribution in [-0.2, 0) is 17.8 Å². The van der Waals surface area contributed by atoms with Gasteiger partial charge in [-0.3, -0.25) is 4.79 Å². The van der Waals surface area contributed by atoms with E-state index in [9.17, 15) is 4.39 Å². The highest BCUT2D eigenvalue weighted by Crippen LogP contribution is 2.23. The van der Waals surface area contributed by atoms with E-state index in [4.69, 9.17) is 9.53 Å². The molecule has 1 amide bonds. The van der Waals surface area contributed by atoms with E-state index in [0.29, 0.717) is 17.9 Å². The van der Waals surface area contributed by atoms with Crippen LogP contribution >= 0.6 is 12.6 Å². The van der Waals surface area contributed by atoms with E-state index in [2.05, 4.69) is 30.9 Å². The van der Waals surface area contributed by atoms with Crippen molar-refractivity contribution in [2.75, 3.05) is 7.05 Å². The summed E-state index contributed by atoms with van der Waals surface area (Å²) in [6.45, 7) is 4.54. The number of hydrogen-bond acceptors (Lipinski definition) is 3. The molecule has 124 valence electrons. The lowest BCUT2D eigenvalue weighted by Gasteiger charge is -2.13. The van der Waals surface area contributed by atoms with Gasteiger partial charge in [0.05, 0.1) is 0 Å². The zero-order chi connectivity index (χ0) is 17.2. The maximum atomic E-state index is 13.7. The van der Waals surface area contributed by atoms with Crippen LogP contribution in [0.1, 0.15) is 23.6 Å². The van der Waals surface area contributed by atoms with E-state index >= 15 is 0 Å². The number of carbonyl (C=O) groups excluding carboxylic acids is 1. The van der Waals surface area contributed by atoms with Crippen molar-refractivity contribution in [2.45, 2.75) is 31.8 Å². The summed E-state index contributed by atoms with van der Waals surface area (Å²) in [5.41, 5.74) is 3.55. The van der Waals surface area contributed by atoms with Crippen LogP contribution < -0.4 is 10.1 Å². The topological polar surface area (TPSA) is 38.3 Å². The van der Waals surface area contributed by atoms with Crippen molar-refractivity contribution in [1.82, 2.24) is 5.32 Å². The van der Waals surface area contributed by atoms with Gasteiger partial charge in [-0.15, -0.1) is 12.6 Å². The fourth-order valence-corrected chi connectivity index (χ4v) is 2.25. The van der Waals surface area contributed by atoms with Crippen molar-refractivity contribution in [3.05, 3.63) is 58.9 Å². The van der Waals surface area contributed by atoms with Crippen LogP contribution in [0, 0.1) is 12.7 Å². The first-order valence-electron chi connectivity index (χ1n) is 7.33. The van der Waals surface area contributed by atoms with E-state index < -0.39 is 0 Å². The second-order valence-electron chi connectivity index (χ2n) is 4.88. The molecular formula is C18H22FNO2S. The molecule has 2 aromatic carbocycles. The highest BCUT2D eigenvalue weighted by atomic mass is 32.1. The second kappa shape index (κ2) is 9.90. The van der Waals surface area contributed by atoms with Crippen molar-refractivity contribution < 1.29 is 13.9 Å². The van der Waals surface area contributed by atoms with Gasteiger partial charge in [0.25, 0.3) is 0 Å². The Morgan fingerprint density at radius 1 is 1.30 bits per heavy atom. The summed E-state index contributed by atoms with van der Waals surface area (Å²) in [5, 5.41) is 2.25. The molecule has 2 aromatic rings. The lowest BCUT2D eigenvalue weighted by Crippen LogP contribution is -2.03. The molecule has 0 aromatic heterocycles. The predicted molar refractivity (Wildman–Crippen MR) is 93.7 cm³/mol. The number of nitrogens with one attached hydrogen (secondary N) is 1. The fraction of sp³-hybridized carbons (Fsp3) is 0.278. The Morgan fingerprint density at radius 2 is 2.00 bits per heavy atom. The summed E-state index contributed by atoms with van der Waals surface area (Å²) >= 11 is 4.09. The Morgan fingerprint density at radius 3 is 2.57 bits per heavy atom. The molecule has 0 bridgehead atoms. The molecule has 1 N–H and O–H groups in total. The molecule has 0 atom stereocenters. The Hall–Kier alpha value is -2.01. The van der Waals surface area contributed by atoms with Gasteiger partial charge in [-0.2, -0.15) is 0 Å². The van der Waals surface area contributed by atoms with Crippen molar-refractivity contribution in [1.29, 1.82) is 0 Å². The lowest BCUT2D eigenvalue weighted by atomic mass is 10.0. The first-order chi connectivity index (χ1) is 11.0. The monoisotopic (exact) mass is 335 g/mol. The maximum Gasteiger partial charge on any atom is 0.206 e. The van der Waals surface area contributed by atoms with E-state index in [1.807, 2.05) is 19.1 Å². The number of thiol groups is 1. The molecule has 0 aliphatic heterocycles. The third kappa shape index (κ3) is 5.94. The average molecular weight is 335 g/mol.